The van der Waals surface area contributed by atoms with Gasteiger partial charge in [-0.05, 0) is 30.7 Å². The average molecular weight is 276 g/mol. The number of nitrogens with two attached hydrogens (primary N) is 1. The molecule has 19 heavy (non-hydrogen) atoms. The lowest BCUT2D eigenvalue weighted by Crippen LogP contribution is -2.14. The molecule has 0 unspecified atom stereocenters. The molecular formula is C13H13FN4S. The van der Waals surface area contributed by atoms with Gasteiger partial charge in [0.25, 0.3) is 0 Å². The lowest BCUT2D eigenvalue weighted by molar-refractivity contribution is 0.627. The number of hydrogen-bond acceptors (Lipinski definition) is 4. The third kappa shape index (κ3) is 3.69. The topological polar surface area (TPSA) is 63.8 Å². The van der Waals surface area contributed by atoms with Gasteiger partial charge < -0.3 is 11.1 Å². The lowest BCUT2D eigenvalue weighted by Gasteiger charge is -2.07. The Kier molecular flexibility index (Phi) is 4.01. The van der Waals surface area contributed by atoms with E-state index in [0.29, 0.717) is 18.2 Å². The third-order valence-corrected chi connectivity index (χ3v) is 2.68. The second-order valence-electron chi connectivity index (χ2n) is 4.06. The van der Waals surface area contributed by atoms with Gasteiger partial charge in [0.15, 0.2) is 0 Å². The normalized spacial score (nSPS) is 10.2. The molecule has 6 heteroatoms. The number of halogens is 1. The van der Waals surface area contributed by atoms with Gasteiger partial charge >= 0.3 is 0 Å². The molecule has 1 heterocycles. The molecule has 2 aromatic rings. The van der Waals surface area contributed by atoms with E-state index in [0.717, 1.165) is 11.3 Å². The van der Waals surface area contributed by atoms with Crippen LogP contribution in [0.4, 0.5) is 10.3 Å². The van der Waals surface area contributed by atoms with Crippen molar-refractivity contribution in [2.24, 2.45) is 5.73 Å². The quantitative estimate of drug-likeness (QED) is 0.838. The van der Waals surface area contributed by atoms with Crippen molar-refractivity contribution in [1.82, 2.24) is 9.97 Å². The number of anilines is 1. The summed E-state index contributed by atoms with van der Waals surface area (Å²) in [5, 5.41) is 3.06. The van der Waals surface area contributed by atoms with Crippen LogP contribution in [0.2, 0.25) is 0 Å². The molecule has 0 fully saturated rings. The van der Waals surface area contributed by atoms with E-state index in [1.165, 1.54) is 12.1 Å². The molecule has 0 radical (unpaired) electrons. The van der Waals surface area contributed by atoms with Gasteiger partial charge in [-0.25, -0.2) is 14.4 Å². The van der Waals surface area contributed by atoms with Crippen LogP contribution < -0.4 is 11.1 Å². The molecule has 0 saturated heterocycles. The summed E-state index contributed by atoms with van der Waals surface area (Å²) in [5.41, 5.74) is 7.79. The van der Waals surface area contributed by atoms with Gasteiger partial charge in [0.2, 0.25) is 5.95 Å². The van der Waals surface area contributed by atoms with Crippen LogP contribution in [-0.2, 0) is 6.54 Å². The standard InChI is InChI=1S/C13H13FN4S/c1-8-6-11(12(15)19)18-13(17-8)16-7-9-2-4-10(14)5-3-9/h2-6H,7H2,1H3,(H2,15,19)(H,16,17,18). The second kappa shape index (κ2) is 5.71. The Hall–Kier alpha value is -2.08. The number of aromatic nitrogens is 2. The van der Waals surface area contributed by atoms with Crippen molar-refractivity contribution in [3.63, 3.8) is 0 Å². The molecular weight excluding hydrogens is 263 g/mol. The average Bonchev–Trinajstić information content (AvgIpc) is 2.37. The van der Waals surface area contributed by atoms with E-state index in [1.54, 1.807) is 18.2 Å². The summed E-state index contributed by atoms with van der Waals surface area (Å²) in [6.45, 7) is 2.34. The maximum atomic E-state index is 12.8. The zero-order valence-corrected chi connectivity index (χ0v) is 11.2. The number of hydrogen-bond donors (Lipinski definition) is 2. The van der Waals surface area contributed by atoms with Crippen LogP contribution >= 0.6 is 12.2 Å². The van der Waals surface area contributed by atoms with Gasteiger partial charge in [0.05, 0.1) is 0 Å². The van der Waals surface area contributed by atoms with Gasteiger partial charge in [-0.3, -0.25) is 0 Å². The maximum Gasteiger partial charge on any atom is 0.223 e. The van der Waals surface area contributed by atoms with Gasteiger partial charge in [-0.15, -0.1) is 0 Å². The van der Waals surface area contributed by atoms with E-state index in [4.69, 9.17) is 18.0 Å². The van der Waals surface area contributed by atoms with Crippen molar-refractivity contribution in [3.8, 4) is 0 Å². The van der Waals surface area contributed by atoms with Crippen LogP contribution in [0.3, 0.4) is 0 Å². The molecule has 4 nitrogen and oxygen atoms in total. The van der Waals surface area contributed by atoms with Gasteiger partial charge in [0, 0.05) is 12.2 Å². The first-order valence-electron chi connectivity index (χ1n) is 5.68. The molecule has 0 saturated carbocycles. The summed E-state index contributed by atoms with van der Waals surface area (Å²) in [6.07, 6.45) is 0. The minimum Gasteiger partial charge on any atom is -0.388 e. The Labute approximate surface area is 115 Å². The number of rotatable bonds is 4. The molecule has 0 bridgehead atoms. The van der Waals surface area contributed by atoms with Gasteiger partial charge in [-0.2, -0.15) is 0 Å². The number of nitrogens with one attached hydrogen (secondary N) is 1. The molecule has 0 aliphatic rings. The van der Waals surface area contributed by atoms with E-state index < -0.39 is 0 Å². The molecule has 98 valence electrons. The van der Waals surface area contributed by atoms with Crippen LogP contribution in [-0.4, -0.2) is 15.0 Å². The fraction of sp³-hybridized carbons (Fsp3) is 0.154. The molecule has 0 spiro atoms. The Balaban J connectivity index is 2.11. The number of benzene rings is 1. The highest BCUT2D eigenvalue weighted by Crippen LogP contribution is 2.08. The first-order valence-corrected chi connectivity index (χ1v) is 6.09. The highest BCUT2D eigenvalue weighted by molar-refractivity contribution is 7.80. The fourth-order valence-electron chi connectivity index (χ4n) is 1.56. The molecule has 3 N–H and O–H groups in total. The van der Waals surface area contributed by atoms with Gasteiger partial charge in [-0.1, -0.05) is 24.4 Å². The Morgan fingerprint density at radius 1 is 1.32 bits per heavy atom. The monoisotopic (exact) mass is 276 g/mol. The van der Waals surface area contributed by atoms with E-state index in [1.807, 2.05) is 6.92 Å². The summed E-state index contributed by atoms with van der Waals surface area (Å²) in [6, 6.07) is 7.95. The van der Waals surface area contributed by atoms with E-state index in [2.05, 4.69) is 15.3 Å². The summed E-state index contributed by atoms with van der Waals surface area (Å²) in [7, 11) is 0. The molecule has 0 atom stereocenters. The van der Waals surface area contributed by atoms with Crippen LogP contribution in [0.1, 0.15) is 17.0 Å². The number of nitrogens with zero attached hydrogens (tertiary/aromatic N) is 2. The molecule has 0 aliphatic heterocycles. The Morgan fingerprint density at radius 2 is 2.00 bits per heavy atom. The van der Waals surface area contributed by atoms with Crippen molar-refractivity contribution in [2.75, 3.05) is 5.32 Å². The maximum absolute atomic E-state index is 12.8. The van der Waals surface area contributed by atoms with Crippen molar-refractivity contribution in [3.05, 3.63) is 53.1 Å². The zero-order chi connectivity index (χ0) is 13.8. The summed E-state index contributed by atoms with van der Waals surface area (Å²) in [4.78, 5) is 8.67. The van der Waals surface area contributed by atoms with E-state index in [-0.39, 0.29) is 10.8 Å². The van der Waals surface area contributed by atoms with Crippen molar-refractivity contribution >= 4 is 23.2 Å². The number of aryl methyl sites for hydroxylation is 1. The van der Waals surface area contributed by atoms with E-state index >= 15 is 0 Å². The van der Waals surface area contributed by atoms with Crippen molar-refractivity contribution < 1.29 is 4.39 Å². The molecule has 1 aromatic carbocycles. The van der Waals surface area contributed by atoms with Crippen LogP contribution in [0.25, 0.3) is 0 Å². The lowest BCUT2D eigenvalue weighted by atomic mass is 10.2. The Bertz CT molecular complexity index is 598. The summed E-state index contributed by atoms with van der Waals surface area (Å²) in [5.74, 6) is 0.193. The predicted octanol–water partition coefficient (Wildman–Crippen LogP) is 2.17. The minimum absolute atomic E-state index is 0.232. The second-order valence-corrected chi connectivity index (χ2v) is 4.50. The first kappa shape index (κ1) is 13.4. The number of thiocarbonyl (C=S) groups is 1. The third-order valence-electron chi connectivity index (χ3n) is 2.47. The molecule has 0 aliphatic carbocycles. The molecule has 0 amide bonds. The van der Waals surface area contributed by atoms with Crippen molar-refractivity contribution in [1.29, 1.82) is 0 Å². The fourth-order valence-corrected chi connectivity index (χ4v) is 1.66. The largest absolute Gasteiger partial charge is 0.388 e. The Morgan fingerprint density at radius 3 is 2.63 bits per heavy atom. The highest BCUT2D eigenvalue weighted by atomic mass is 32.1. The summed E-state index contributed by atoms with van der Waals surface area (Å²) >= 11 is 4.89. The van der Waals surface area contributed by atoms with Crippen molar-refractivity contribution in [2.45, 2.75) is 13.5 Å². The summed E-state index contributed by atoms with van der Waals surface area (Å²) < 4.78 is 12.8. The predicted molar refractivity (Wildman–Crippen MR) is 76.4 cm³/mol. The van der Waals surface area contributed by atoms with Crippen LogP contribution in [0.15, 0.2) is 30.3 Å². The van der Waals surface area contributed by atoms with Gasteiger partial charge in [0.1, 0.15) is 16.5 Å². The highest BCUT2D eigenvalue weighted by Gasteiger charge is 2.04. The van der Waals surface area contributed by atoms with Crippen LogP contribution in [0.5, 0.6) is 0 Å². The van der Waals surface area contributed by atoms with E-state index in [9.17, 15) is 4.39 Å². The SMILES string of the molecule is Cc1cc(C(N)=S)nc(NCc2ccc(F)cc2)n1. The first-order chi connectivity index (χ1) is 9.04. The zero-order valence-electron chi connectivity index (χ0n) is 10.4. The minimum atomic E-state index is -0.258. The molecule has 2 rings (SSSR count). The smallest absolute Gasteiger partial charge is 0.223 e. The molecule has 1 aromatic heterocycles. The van der Waals surface area contributed by atoms with Crippen LogP contribution in [0, 0.1) is 12.7 Å².